The highest BCUT2D eigenvalue weighted by molar-refractivity contribution is 6.10. The number of carbonyl (C=O) groups is 3. The summed E-state index contributed by atoms with van der Waals surface area (Å²) < 4.78 is 14.0. The van der Waals surface area contributed by atoms with E-state index in [0.29, 0.717) is 5.56 Å². The van der Waals surface area contributed by atoms with Crippen LogP contribution in [0, 0.1) is 15.9 Å². The second kappa shape index (κ2) is 9.10. The smallest absolute Gasteiger partial charge is 0.322 e. The molecule has 1 saturated heterocycles. The van der Waals surface area contributed by atoms with Crippen molar-refractivity contribution in [2.45, 2.75) is 12.0 Å². The van der Waals surface area contributed by atoms with Crippen LogP contribution in [0.4, 0.5) is 20.6 Å². The normalized spacial score (nSPS) is 17.4. The Hall–Kier alpha value is -4.60. The lowest BCUT2D eigenvalue weighted by Gasteiger charge is -2.27. The number of nitrogens with one attached hydrogen (secondary N) is 2. The number of urea groups is 1. The number of rotatable bonds is 7. The molecule has 0 radical (unpaired) electrons. The van der Waals surface area contributed by atoms with Crippen LogP contribution in [0.1, 0.15) is 11.1 Å². The van der Waals surface area contributed by atoms with Gasteiger partial charge in [-0.25, -0.2) is 9.18 Å². The topological polar surface area (TPSA) is 122 Å². The molecule has 3 aromatic carbocycles. The van der Waals surface area contributed by atoms with Crippen molar-refractivity contribution in [1.82, 2.24) is 10.2 Å². The Morgan fingerprint density at radius 2 is 1.68 bits per heavy atom. The molecule has 1 fully saturated rings. The molecule has 1 aliphatic heterocycles. The first-order valence-corrected chi connectivity index (χ1v) is 10.3. The molecule has 4 amide bonds. The van der Waals surface area contributed by atoms with Gasteiger partial charge in [-0.2, -0.15) is 0 Å². The molecule has 0 saturated carbocycles. The van der Waals surface area contributed by atoms with Crippen LogP contribution in [-0.4, -0.2) is 34.2 Å². The van der Waals surface area contributed by atoms with Crippen molar-refractivity contribution in [2.75, 3.05) is 11.9 Å². The number of carbonyl (C=O) groups excluding carboxylic acids is 3. The minimum Gasteiger partial charge on any atom is -0.322 e. The fourth-order valence-corrected chi connectivity index (χ4v) is 3.87. The predicted octanol–water partition coefficient (Wildman–Crippen LogP) is 3.36. The van der Waals surface area contributed by atoms with Crippen LogP contribution in [0.5, 0.6) is 0 Å². The lowest BCUT2D eigenvalue weighted by atomic mass is 9.83. The summed E-state index contributed by atoms with van der Waals surface area (Å²) in [4.78, 5) is 49.9. The van der Waals surface area contributed by atoms with Crippen molar-refractivity contribution < 1.29 is 23.7 Å². The molecule has 1 heterocycles. The van der Waals surface area contributed by atoms with Crippen molar-refractivity contribution in [3.05, 3.63) is 106 Å². The molecule has 0 aromatic heterocycles. The van der Waals surface area contributed by atoms with E-state index in [2.05, 4.69) is 10.6 Å². The van der Waals surface area contributed by atoms with Crippen LogP contribution in [0.25, 0.3) is 0 Å². The Morgan fingerprint density at radius 1 is 1.03 bits per heavy atom. The van der Waals surface area contributed by atoms with Crippen molar-refractivity contribution >= 4 is 29.2 Å². The summed E-state index contributed by atoms with van der Waals surface area (Å²) in [5.41, 5.74) is -0.936. The number of nitro benzene ring substituents is 1. The maximum Gasteiger partial charge on any atom is 0.325 e. The molecular weight excluding hydrogens is 443 g/mol. The molecule has 172 valence electrons. The van der Waals surface area contributed by atoms with E-state index in [1.807, 2.05) is 30.3 Å². The monoisotopic (exact) mass is 462 g/mol. The second-order valence-electron chi connectivity index (χ2n) is 7.72. The van der Waals surface area contributed by atoms with Crippen molar-refractivity contribution in [2.24, 2.45) is 0 Å². The van der Waals surface area contributed by atoms with Gasteiger partial charge < -0.3 is 10.6 Å². The summed E-state index contributed by atoms with van der Waals surface area (Å²) in [5.74, 6) is -2.41. The standard InChI is InChI=1S/C24H19FN4O5/c25-19-12-11-18(29(33)34)13-20(19)26-21(30)15-28-22(31)24(27-23(28)32,17-9-5-2-6-10-17)14-16-7-3-1-4-8-16/h1-13H,14-15H2,(H,26,30)(H,27,32). The van der Waals surface area contributed by atoms with E-state index in [4.69, 9.17) is 0 Å². The number of nitrogens with zero attached hydrogens (tertiary/aromatic N) is 2. The first-order chi connectivity index (χ1) is 16.3. The van der Waals surface area contributed by atoms with E-state index in [0.717, 1.165) is 28.7 Å². The van der Waals surface area contributed by atoms with Crippen LogP contribution in [0.2, 0.25) is 0 Å². The highest BCUT2D eigenvalue weighted by Gasteiger charge is 2.52. The van der Waals surface area contributed by atoms with Crippen LogP contribution < -0.4 is 10.6 Å². The lowest BCUT2D eigenvalue weighted by Crippen LogP contribution is -2.46. The largest absolute Gasteiger partial charge is 0.325 e. The molecule has 1 unspecified atom stereocenters. The third-order valence-electron chi connectivity index (χ3n) is 5.49. The van der Waals surface area contributed by atoms with E-state index in [1.165, 1.54) is 0 Å². The van der Waals surface area contributed by atoms with Gasteiger partial charge in [0.25, 0.3) is 11.6 Å². The number of non-ortho nitro benzene ring substituents is 1. The summed E-state index contributed by atoms with van der Waals surface area (Å²) in [6, 6.07) is 19.7. The van der Waals surface area contributed by atoms with Gasteiger partial charge in [0.1, 0.15) is 12.4 Å². The van der Waals surface area contributed by atoms with Crippen molar-refractivity contribution in [1.29, 1.82) is 0 Å². The molecule has 9 nitrogen and oxygen atoms in total. The fraction of sp³-hybridized carbons (Fsp3) is 0.125. The number of anilines is 1. The number of amides is 4. The van der Waals surface area contributed by atoms with Gasteiger partial charge in [0, 0.05) is 18.6 Å². The molecule has 0 bridgehead atoms. The highest BCUT2D eigenvalue weighted by Crippen LogP contribution is 2.33. The van der Waals surface area contributed by atoms with E-state index in [1.54, 1.807) is 30.3 Å². The maximum absolute atomic E-state index is 14.0. The first kappa shape index (κ1) is 22.6. The van der Waals surface area contributed by atoms with Gasteiger partial charge >= 0.3 is 6.03 Å². The van der Waals surface area contributed by atoms with E-state index in [-0.39, 0.29) is 6.42 Å². The highest BCUT2D eigenvalue weighted by atomic mass is 19.1. The summed E-state index contributed by atoms with van der Waals surface area (Å²) in [7, 11) is 0. The third-order valence-corrected chi connectivity index (χ3v) is 5.49. The Kier molecular flexibility index (Phi) is 6.05. The first-order valence-electron chi connectivity index (χ1n) is 10.3. The van der Waals surface area contributed by atoms with Crippen LogP contribution in [0.15, 0.2) is 78.9 Å². The number of hydrogen-bond donors (Lipinski definition) is 2. The molecule has 4 rings (SSSR count). The molecule has 34 heavy (non-hydrogen) atoms. The zero-order valence-corrected chi connectivity index (χ0v) is 17.7. The summed E-state index contributed by atoms with van der Waals surface area (Å²) >= 11 is 0. The minimum atomic E-state index is -1.43. The van der Waals surface area contributed by atoms with Crippen LogP contribution >= 0.6 is 0 Å². The van der Waals surface area contributed by atoms with Gasteiger partial charge in [-0.05, 0) is 17.2 Å². The molecule has 0 spiro atoms. The molecule has 3 aromatic rings. The Balaban J connectivity index is 1.60. The number of hydrogen-bond acceptors (Lipinski definition) is 5. The predicted molar refractivity (Wildman–Crippen MR) is 120 cm³/mol. The molecule has 1 aliphatic rings. The van der Waals surface area contributed by atoms with Gasteiger partial charge in [-0.3, -0.25) is 24.6 Å². The zero-order chi connectivity index (χ0) is 24.3. The Bertz CT molecular complexity index is 1270. The number of benzene rings is 3. The zero-order valence-electron chi connectivity index (χ0n) is 17.7. The Labute approximate surface area is 193 Å². The lowest BCUT2D eigenvalue weighted by molar-refractivity contribution is -0.384. The second-order valence-corrected chi connectivity index (χ2v) is 7.72. The van der Waals surface area contributed by atoms with Gasteiger partial charge in [0.05, 0.1) is 10.6 Å². The van der Waals surface area contributed by atoms with E-state index >= 15 is 0 Å². The average Bonchev–Trinajstić information content (AvgIpc) is 3.06. The number of imide groups is 1. The minimum absolute atomic E-state index is 0.153. The van der Waals surface area contributed by atoms with Gasteiger partial charge in [0.15, 0.2) is 5.54 Å². The molecule has 10 heteroatoms. The molecule has 0 aliphatic carbocycles. The fourth-order valence-electron chi connectivity index (χ4n) is 3.87. The molecule has 2 N–H and O–H groups in total. The summed E-state index contributed by atoms with van der Waals surface area (Å²) in [6.45, 7) is -0.698. The SMILES string of the molecule is O=C(CN1C(=O)NC(Cc2ccccc2)(c2ccccc2)C1=O)Nc1cc([N+](=O)[O-])ccc1F. The summed E-state index contributed by atoms with van der Waals surface area (Å²) in [5, 5.41) is 15.9. The van der Waals surface area contributed by atoms with E-state index in [9.17, 15) is 28.9 Å². The van der Waals surface area contributed by atoms with Crippen LogP contribution in [0.3, 0.4) is 0 Å². The average molecular weight is 462 g/mol. The van der Waals surface area contributed by atoms with Crippen LogP contribution in [-0.2, 0) is 21.5 Å². The summed E-state index contributed by atoms with van der Waals surface area (Å²) in [6.07, 6.45) is 0.153. The molecule has 1 atom stereocenters. The number of halogens is 1. The van der Waals surface area contributed by atoms with E-state index < -0.39 is 52.0 Å². The number of nitro groups is 1. The molecular formula is C24H19FN4O5. The van der Waals surface area contributed by atoms with Crippen molar-refractivity contribution in [3.63, 3.8) is 0 Å². The quantitative estimate of drug-likeness (QED) is 0.317. The Morgan fingerprint density at radius 3 is 2.32 bits per heavy atom. The third kappa shape index (κ3) is 4.33. The van der Waals surface area contributed by atoms with Gasteiger partial charge in [0.2, 0.25) is 5.91 Å². The van der Waals surface area contributed by atoms with Gasteiger partial charge in [-0.1, -0.05) is 60.7 Å². The van der Waals surface area contributed by atoms with Crippen molar-refractivity contribution in [3.8, 4) is 0 Å². The maximum atomic E-state index is 14.0. The van der Waals surface area contributed by atoms with Gasteiger partial charge in [-0.15, -0.1) is 0 Å².